The smallest absolute Gasteiger partial charge is 0.303 e. The summed E-state index contributed by atoms with van der Waals surface area (Å²) in [7, 11) is 0. The largest absolute Gasteiger partial charge is 0.481 e. The quantitative estimate of drug-likeness (QED) is 0.0652. The van der Waals surface area contributed by atoms with Crippen LogP contribution in [0.2, 0.25) is 0 Å². The van der Waals surface area contributed by atoms with Crippen LogP contribution in [-0.4, -0.2) is 33.2 Å². The lowest BCUT2D eigenvalue weighted by atomic mass is 9.43. The summed E-state index contributed by atoms with van der Waals surface area (Å²) in [5.41, 5.74) is -0.505. The molecule has 0 aromatic heterocycles. The zero-order valence-electron chi connectivity index (χ0n) is 32.3. The molecule has 48 heavy (non-hydrogen) atoms. The van der Waals surface area contributed by atoms with Gasteiger partial charge in [-0.3, -0.25) is 14.4 Å². The first kappa shape index (κ1) is 44.4. The van der Waals surface area contributed by atoms with E-state index in [2.05, 4.69) is 41.5 Å². The summed E-state index contributed by atoms with van der Waals surface area (Å²) >= 11 is 0. The van der Waals surface area contributed by atoms with Crippen LogP contribution in [-0.2, 0) is 14.4 Å². The number of carbonyl (C=O) groups is 3. The van der Waals surface area contributed by atoms with Gasteiger partial charge in [-0.1, -0.05) is 138 Å². The summed E-state index contributed by atoms with van der Waals surface area (Å²) in [6, 6.07) is 0. The average molecular weight is 679 g/mol. The first-order valence-electron chi connectivity index (χ1n) is 20.4. The summed E-state index contributed by atoms with van der Waals surface area (Å²) < 4.78 is 0. The number of aliphatic carboxylic acids is 3. The standard InChI is InChI=1S/C42H78O6/c1-33(2)19-13-7-8-16-22-37-36(23-24-38(43)44)25-30-41(31-26-39(45)46,28-17-11-9-14-20-34(3)4)42(37,32-27-40(47)48)29-18-12-10-15-21-35(5)6/h33-37H,7-32H2,1-6H3,(H,43,44)(H,45,46)(H,47,48). The molecule has 6 heteroatoms. The van der Waals surface area contributed by atoms with Crippen molar-refractivity contribution in [2.75, 3.05) is 0 Å². The van der Waals surface area contributed by atoms with Crippen molar-refractivity contribution in [2.24, 2.45) is 40.4 Å². The number of carboxylic acid groups (broad SMARTS) is 3. The van der Waals surface area contributed by atoms with Crippen LogP contribution in [0, 0.1) is 40.4 Å². The molecular formula is C42H78O6. The van der Waals surface area contributed by atoms with Gasteiger partial charge in [-0.2, -0.15) is 0 Å². The van der Waals surface area contributed by atoms with Crippen LogP contribution < -0.4 is 0 Å². The Morgan fingerprint density at radius 1 is 0.521 bits per heavy atom. The predicted octanol–water partition coefficient (Wildman–Crippen LogP) is 12.6. The first-order chi connectivity index (χ1) is 22.7. The maximum absolute atomic E-state index is 12.3. The van der Waals surface area contributed by atoms with Crippen LogP contribution in [0.25, 0.3) is 0 Å². The molecule has 4 unspecified atom stereocenters. The molecule has 1 saturated carbocycles. The minimum atomic E-state index is -0.771. The summed E-state index contributed by atoms with van der Waals surface area (Å²) in [5, 5.41) is 29.9. The Labute approximate surface area is 296 Å². The van der Waals surface area contributed by atoms with E-state index in [0.717, 1.165) is 70.6 Å². The molecule has 0 bridgehead atoms. The summed E-state index contributed by atoms with van der Waals surface area (Å²) in [6.45, 7) is 13.6. The van der Waals surface area contributed by atoms with Crippen molar-refractivity contribution in [3.05, 3.63) is 0 Å². The molecule has 0 aromatic carbocycles. The minimum absolute atomic E-state index is 0.104. The number of hydrogen-bond acceptors (Lipinski definition) is 3. The predicted molar refractivity (Wildman–Crippen MR) is 199 cm³/mol. The van der Waals surface area contributed by atoms with E-state index in [-0.39, 0.29) is 41.9 Å². The van der Waals surface area contributed by atoms with Gasteiger partial charge in [0.2, 0.25) is 0 Å². The zero-order valence-corrected chi connectivity index (χ0v) is 32.3. The van der Waals surface area contributed by atoms with Crippen molar-refractivity contribution in [3.63, 3.8) is 0 Å². The molecule has 3 N–H and O–H groups in total. The van der Waals surface area contributed by atoms with E-state index in [9.17, 15) is 29.7 Å². The summed E-state index contributed by atoms with van der Waals surface area (Å²) in [5.74, 6) is 0.281. The van der Waals surface area contributed by atoms with Crippen molar-refractivity contribution in [2.45, 2.75) is 208 Å². The molecule has 0 aromatic rings. The fraction of sp³-hybridized carbons (Fsp3) is 0.929. The minimum Gasteiger partial charge on any atom is -0.481 e. The second-order valence-corrected chi connectivity index (χ2v) is 17.1. The van der Waals surface area contributed by atoms with E-state index in [1.54, 1.807) is 0 Å². The van der Waals surface area contributed by atoms with Crippen LogP contribution in [0.1, 0.15) is 208 Å². The van der Waals surface area contributed by atoms with Gasteiger partial charge in [0.15, 0.2) is 0 Å². The third kappa shape index (κ3) is 17.4. The third-order valence-corrected chi connectivity index (χ3v) is 12.0. The lowest BCUT2D eigenvalue weighted by Crippen LogP contribution is -2.54. The Morgan fingerprint density at radius 2 is 0.958 bits per heavy atom. The monoisotopic (exact) mass is 679 g/mol. The van der Waals surface area contributed by atoms with Gasteiger partial charge in [0.1, 0.15) is 0 Å². The zero-order chi connectivity index (χ0) is 36.0. The number of rotatable bonds is 30. The van der Waals surface area contributed by atoms with Gasteiger partial charge >= 0.3 is 17.9 Å². The van der Waals surface area contributed by atoms with Crippen molar-refractivity contribution in [1.29, 1.82) is 0 Å². The number of unbranched alkanes of at least 4 members (excludes halogenated alkanes) is 9. The van der Waals surface area contributed by atoms with Gasteiger partial charge in [-0.05, 0) is 91.8 Å². The van der Waals surface area contributed by atoms with Crippen molar-refractivity contribution in [3.8, 4) is 0 Å². The summed E-state index contributed by atoms with van der Waals surface area (Å²) in [6.07, 6.45) is 24.4. The van der Waals surface area contributed by atoms with Crippen LogP contribution >= 0.6 is 0 Å². The molecule has 0 amide bonds. The van der Waals surface area contributed by atoms with E-state index in [0.29, 0.717) is 37.0 Å². The van der Waals surface area contributed by atoms with Gasteiger partial charge in [-0.25, -0.2) is 0 Å². The second-order valence-electron chi connectivity index (χ2n) is 17.1. The van der Waals surface area contributed by atoms with E-state index < -0.39 is 17.9 Å². The molecule has 0 heterocycles. The lowest BCUT2D eigenvalue weighted by Gasteiger charge is -2.62. The fourth-order valence-corrected chi connectivity index (χ4v) is 9.48. The Morgan fingerprint density at radius 3 is 1.44 bits per heavy atom. The highest BCUT2D eigenvalue weighted by molar-refractivity contribution is 5.67. The molecule has 0 saturated heterocycles. The van der Waals surface area contributed by atoms with E-state index >= 15 is 0 Å². The Kier molecular flexibility index (Phi) is 22.7. The SMILES string of the molecule is CC(C)CCCCCCC1C(CCC(=O)O)CCC(CCCCCCC(C)C)(CCC(=O)O)C1(CCCCCCC(C)C)CCC(=O)O. The molecular weight excluding hydrogens is 600 g/mol. The van der Waals surface area contributed by atoms with Crippen molar-refractivity contribution < 1.29 is 29.7 Å². The van der Waals surface area contributed by atoms with Crippen LogP contribution in [0.4, 0.5) is 0 Å². The molecule has 282 valence electrons. The fourth-order valence-electron chi connectivity index (χ4n) is 9.48. The van der Waals surface area contributed by atoms with E-state index in [1.807, 2.05) is 0 Å². The topological polar surface area (TPSA) is 112 Å². The molecule has 0 spiro atoms. The first-order valence-corrected chi connectivity index (χ1v) is 20.4. The van der Waals surface area contributed by atoms with Crippen molar-refractivity contribution >= 4 is 17.9 Å². The molecule has 1 rings (SSSR count). The third-order valence-electron chi connectivity index (χ3n) is 12.0. The maximum atomic E-state index is 12.3. The van der Waals surface area contributed by atoms with E-state index in [4.69, 9.17) is 0 Å². The normalized spacial score (nSPS) is 22.9. The van der Waals surface area contributed by atoms with Crippen molar-refractivity contribution in [1.82, 2.24) is 0 Å². The Bertz CT molecular complexity index is 881. The van der Waals surface area contributed by atoms with E-state index in [1.165, 1.54) is 57.8 Å². The average Bonchev–Trinajstić information content (AvgIpc) is 3.00. The lowest BCUT2D eigenvalue weighted by molar-refractivity contribution is -0.153. The van der Waals surface area contributed by atoms with Gasteiger partial charge in [0.25, 0.3) is 0 Å². The highest BCUT2D eigenvalue weighted by Gasteiger charge is 2.58. The Hall–Kier alpha value is -1.59. The molecule has 1 fully saturated rings. The number of hydrogen-bond donors (Lipinski definition) is 3. The molecule has 0 aliphatic heterocycles. The van der Waals surface area contributed by atoms with Gasteiger partial charge in [-0.15, -0.1) is 0 Å². The van der Waals surface area contributed by atoms with Gasteiger partial charge in [0, 0.05) is 19.3 Å². The maximum Gasteiger partial charge on any atom is 0.303 e. The highest BCUT2D eigenvalue weighted by atomic mass is 16.4. The molecule has 1 aliphatic carbocycles. The molecule has 0 radical (unpaired) electrons. The molecule has 1 aliphatic rings. The van der Waals surface area contributed by atoms with Crippen LogP contribution in [0.5, 0.6) is 0 Å². The molecule has 6 nitrogen and oxygen atoms in total. The second kappa shape index (κ2) is 24.5. The van der Waals surface area contributed by atoms with Gasteiger partial charge < -0.3 is 15.3 Å². The number of carboxylic acids is 3. The van der Waals surface area contributed by atoms with Crippen LogP contribution in [0.3, 0.4) is 0 Å². The highest BCUT2D eigenvalue weighted by Crippen LogP contribution is 2.66. The molecule has 4 atom stereocenters. The van der Waals surface area contributed by atoms with Gasteiger partial charge in [0.05, 0.1) is 0 Å². The Balaban J connectivity index is 3.57. The van der Waals surface area contributed by atoms with Crippen LogP contribution in [0.15, 0.2) is 0 Å². The summed E-state index contributed by atoms with van der Waals surface area (Å²) in [4.78, 5) is 36.4.